The number of Topliss-reactive ketones (excluding diaryl/α,β-unsaturated/α-hetero) is 1. The van der Waals surface area contributed by atoms with Gasteiger partial charge in [0.25, 0.3) is 0 Å². The smallest absolute Gasteiger partial charge is 0.209 e. The molecule has 0 bridgehead atoms. The first-order chi connectivity index (χ1) is 15.7. The van der Waals surface area contributed by atoms with Gasteiger partial charge in [0.05, 0.1) is 12.2 Å². The van der Waals surface area contributed by atoms with E-state index in [-0.39, 0.29) is 23.9 Å². The molecule has 3 aliphatic heterocycles. The van der Waals surface area contributed by atoms with E-state index in [4.69, 9.17) is 9.47 Å². The Kier molecular flexibility index (Phi) is 7.57. The van der Waals surface area contributed by atoms with Gasteiger partial charge in [-0.05, 0) is 109 Å². The first-order valence-electron chi connectivity index (χ1n) is 12.7. The van der Waals surface area contributed by atoms with Crippen molar-refractivity contribution in [2.45, 2.75) is 91.1 Å². The van der Waals surface area contributed by atoms with Crippen molar-refractivity contribution in [3.63, 3.8) is 0 Å². The normalized spacial score (nSPS) is 32.9. The van der Waals surface area contributed by atoms with Crippen molar-refractivity contribution < 1.29 is 14.3 Å². The van der Waals surface area contributed by atoms with Crippen LogP contribution in [0.25, 0.3) is 0 Å². The molecule has 4 heteroatoms. The van der Waals surface area contributed by atoms with Gasteiger partial charge in [-0.2, -0.15) is 0 Å². The summed E-state index contributed by atoms with van der Waals surface area (Å²) in [6.07, 6.45) is 16.9. The number of hydrogen-bond acceptors (Lipinski definition) is 4. The minimum absolute atomic E-state index is 0.00200. The minimum Gasteiger partial charge on any atom is -0.335 e. The van der Waals surface area contributed by atoms with Crippen LogP contribution in [0.1, 0.15) is 73.1 Å². The van der Waals surface area contributed by atoms with Crippen molar-refractivity contribution in [2.24, 2.45) is 5.92 Å². The molecule has 0 unspecified atom stereocenters. The number of rotatable bonds is 6. The predicted octanol–water partition coefficient (Wildman–Crippen LogP) is 6.07. The standard InChI is InChI=1S/C29H41NO3/c1-20(2)9-8-10-21(3)13-25-14-22(4)17-29(32-25)18-24(19-30-11-6-7-12-30)26-16-27(31)23(5)15-28(26)33-29/h9,13,15,17-18,25-26,28H,6-8,10-12,14,16,19H2,1-5H3/b21-13+/t25-,26-,28-,29+/m1/s1. The van der Waals surface area contributed by atoms with Crippen LogP contribution in [-0.4, -0.2) is 48.3 Å². The summed E-state index contributed by atoms with van der Waals surface area (Å²) in [7, 11) is 0. The zero-order valence-corrected chi connectivity index (χ0v) is 21.2. The van der Waals surface area contributed by atoms with Crippen LogP contribution in [0.3, 0.4) is 0 Å². The van der Waals surface area contributed by atoms with Crippen molar-refractivity contribution in [1.82, 2.24) is 4.90 Å². The van der Waals surface area contributed by atoms with Crippen molar-refractivity contribution in [3.05, 3.63) is 58.2 Å². The highest BCUT2D eigenvalue weighted by molar-refractivity contribution is 5.96. The lowest BCUT2D eigenvalue weighted by Crippen LogP contribution is -2.49. The summed E-state index contributed by atoms with van der Waals surface area (Å²) in [5, 5.41) is 0. The largest absolute Gasteiger partial charge is 0.335 e. The van der Waals surface area contributed by atoms with Gasteiger partial charge in [0.15, 0.2) is 5.78 Å². The molecule has 4 rings (SSSR count). The number of allylic oxidation sites excluding steroid dienone is 4. The molecule has 0 radical (unpaired) electrons. The fourth-order valence-electron chi connectivity index (χ4n) is 5.62. The first-order valence-corrected chi connectivity index (χ1v) is 12.7. The van der Waals surface area contributed by atoms with Crippen LogP contribution < -0.4 is 0 Å². The zero-order valence-electron chi connectivity index (χ0n) is 21.2. The maximum absolute atomic E-state index is 12.5. The average molecular weight is 452 g/mol. The molecule has 1 saturated heterocycles. The SMILES string of the molecule is CC(C)=CCC/C(C)=C/[C@@H]1CC(C)=C[C@]2(C=C(CN3CCCC3)[C@H]3CC(=O)C(C)=C[C@H]3O2)O1. The van der Waals surface area contributed by atoms with E-state index in [1.165, 1.54) is 35.1 Å². The molecule has 3 heterocycles. The number of ketones is 1. The lowest BCUT2D eigenvalue weighted by Gasteiger charge is -2.46. The summed E-state index contributed by atoms with van der Waals surface area (Å²) >= 11 is 0. The predicted molar refractivity (Wildman–Crippen MR) is 134 cm³/mol. The Hall–Kier alpha value is -1.75. The Morgan fingerprint density at radius 2 is 1.88 bits per heavy atom. The van der Waals surface area contributed by atoms with Crippen LogP contribution in [0.15, 0.2) is 58.2 Å². The molecular formula is C29H41NO3. The fourth-order valence-corrected chi connectivity index (χ4v) is 5.62. The van der Waals surface area contributed by atoms with Crippen LogP contribution in [0.5, 0.6) is 0 Å². The van der Waals surface area contributed by atoms with Crippen molar-refractivity contribution in [2.75, 3.05) is 19.6 Å². The lowest BCUT2D eigenvalue weighted by atomic mass is 9.78. The molecule has 4 nitrogen and oxygen atoms in total. The van der Waals surface area contributed by atoms with Gasteiger partial charge >= 0.3 is 0 Å². The molecule has 1 spiro atoms. The topological polar surface area (TPSA) is 38.8 Å². The highest BCUT2D eigenvalue weighted by Crippen LogP contribution is 2.43. The molecule has 33 heavy (non-hydrogen) atoms. The number of carbonyl (C=O) groups excluding carboxylic acids is 1. The van der Waals surface area contributed by atoms with Gasteiger partial charge in [0.1, 0.15) is 0 Å². The summed E-state index contributed by atoms with van der Waals surface area (Å²) < 4.78 is 13.4. The van der Waals surface area contributed by atoms with Gasteiger partial charge in [-0.3, -0.25) is 9.69 Å². The lowest BCUT2D eigenvalue weighted by molar-refractivity contribution is -0.224. The summed E-state index contributed by atoms with van der Waals surface area (Å²) in [6.45, 7) is 13.8. The van der Waals surface area contributed by atoms with Crippen LogP contribution in [-0.2, 0) is 14.3 Å². The molecular weight excluding hydrogens is 410 g/mol. The number of fused-ring (bicyclic) bond motifs is 1. The number of likely N-dealkylation sites (tertiary alicyclic amines) is 1. The Bertz CT molecular complexity index is 911. The molecule has 180 valence electrons. The van der Waals surface area contributed by atoms with Crippen LogP contribution in [0.2, 0.25) is 0 Å². The van der Waals surface area contributed by atoms with Crippen molar-refractivity contribution in [1.29, 1.82) is 0 Å². The fraction of sp³-hybridized carbons (Fsp3) is 0.621. The van der Waals surface area contributed by atoms with Gasteiger partial charge in [0, 0.05) is 18.9 Å². The van der Waals surface area contributed by atoms with E-state index in [9.17, 15) is 4.79 Å². The summed E-state index contributed by atoms with van der Waals surface area (Å²) in [5.41, 5.74) is 6.14. The molecule has 0 N–H and O–H groups in total. The monoisotopic (exact) mass is 451 g/mol. The number of hydrogen-bond donors (Lipinski definition) is 0. The third-order valence-electron chi connectivity index (χ3n) is 7.31. The second-order valence-corrected chi connectivity index (χ2v) is 10.8. The average Bonchev–Trinajstić information content (AvgIpc) is 3.21. The molecule has 4 atom stereocenters. The van der Waals surface area contributed by atoms with Gasteiger partial charge in [0.2, 0.25) is 5.79 Å². The molecule has 0 aromatic carbocycles. The second-order valence-electron chi connectivity index (χ2n) is 10.8. The zero-order chi connectivity index (χ0) is 23.6. The summed E-state index contributed by atoms with van der Waals surface area (Å²) in [6, 6.07) is 0. The first kappa shape index (κ1) is 24.4. The molecule has 0 aromatic heterocycles. The molecule has 0 saturated carbocycles. The third kappa shape index (κ3) is 6.03. The molecule has 1 aliphatic carbocycles. The quantitative estimate of drug-likeness (QED) is 0.460. The molecule has 4 aliphatic rings. The van der Waals surface area contributed by atoms with Crippen molar-refractivity contribution >= 4 is 5.78 Å². The summed E-state index contributed by atoms with van der Waals surface area (Å²) in [5.74, 6) is -0.490. The number of ether oxygens (including phenoxy) is 2. The van der Waals surface area contributed by atoms with E-state index < -0.39 is 5.79 Å². The number of carbonyl (C=O) groups is 1. The van der Waals surface area contributed by atoms with Gasteiger partial charge in [-0.15, -0.1) is 0 Å². The van der Waals surface area contributed by atoms with Crippen LogP contribution in [0, 0.1) is 5.92 Å². The highest BCUT2D eigenvalue weighted by atomic mass is 16.7. The maximum atomic E-state index is 12.5. The van der Waals surface area contributed by atoms with Crippen LogP contribution in [0.4, 0.5) is 0 Å². The van der Waals surface area contributed by atoms with E-state index in [1.54, 1.807) is 0 Å². The van der Waals surface area contributed by atoms with E-state index in [0.29, 0.717) is 6.42 Å². The minimum atomic E-state index is -0.850. The Morgan fingerprint density at radius 1 is 1.12 bits per heavy atom. The van der Waals surface area contributed by atoms with E-state index >= 15 is 0 Å². The number of nitrogens with zero attached hydrogens (tertiary/aromatic N) is 1. The molecule has 1 fully saturated rings. The van der Waals surface area contributed by atoms with E-state index in [0.717, 1.165) is 44.5 Å². The maximum Gasteiger partial charge on any atom is 0.209 e. The van der Waals surface area contributed by atoms with E-state index in [2.05, 4.69) is 56.9 Å². The highest BCUT2D eigenvalue weighted by Gasteiger charge is 2.45. The molecule has 0 aromatic rings. The second kappa shape index (κ2) is 10.2. The Balaban J connectivity index is 1.60. The third-order valence-corrected chi connectivity index (χ3v) is 7.31. The van der Waals surface area contributed by atoms with E-state index in [1.807, 2.05) is 13.0 Å². The van der Waals surface area contributed by atoms with Crippen LogP contribution >= 0.6 is 0 Å². The van der Waals surface area contributed by atoms with Gasteiger partial charge in [-0.25, -0.2) is 0 Å². The summed E-state index contributed by atoms with van der Waals surface area (Å²) in [4.78, 5) is 15.0. The van der Waals surface area contributed by atoms with Crippen molar-refractivity contribution in [3.8, 4) is 0 Å². The van der Waals surface area contributed by atoms with Gasteiger partial charge < -0.3 is 9.47 Å². The Morgan fingerprint density at radius 3 is 2.61 bits per heavy atom. The van der Waals surface area contributed by atoms with Gasteiger partial charge in [-0.1, -0.05) is 28.9 Å². The molecule has 0 amide bonds. The Labute approximate surface area is 200 Å².